The first kappa shape index (κ1) is 25.2. The fourth-order valence-electron chi connectivity index (χ4n) is 5.32. The molecule has 0 aliphatic carbocycles. The number of aliphatic hydroxyl groups is 1. The first-order chi connectivity index (χ1) is 18.0. The van der Waals surface area contributed by atoms with Gasteiger partial charge in [-0.1, -0.05) is 19.9 Å². The predicted molar refractivity (Wildman–Crippen MR) is 138 cm³/mol. The number of rotatable bonds is 5. The lowest BCUT2D eigenvalue weighted by Crippen LogP contribution is -2.44. The molecule has 0 bridgehead atoms. The van der Waals surface area contributed by atoms with Crippen molar-refractivity contribution in [2.75, 3.05) is 5.73 Å². The quantitative estimate of drug-likeness (QED) is 0.174. The number of aryl methyl sites for hydroxylation is 1. The number of ether oxygens (including phenoxy) is 1. The van der Waals surface area contributed by atoms with Gasteiger partial charge in [-0.15, -0.1) is 0 Å². The molecule has 0 unspecified atom stereocenters. The number of esters is 1. The zero-order chi connectivity index (χ0) is 27.5. The van der Waals surface area contributed by atoms with Gasteiger partial charge in [0, 0.05) is 34.7 Å². The Labute approximate surface area is 216 Å². The van der Waals surface area contributed by atoms with Crippen LogP contribution in [0.15, 0.2) is 28.7 Å². The highest BCUT2D eigenvalue weighted by molar-refractivity contribution is 6.03. The van der Waals surface area contributed by atoms with Crippen LogP contribution in [-0.4, -0.2) is 37.6 Å². The highest BCUT2D eigenvalue weighted by Crippen LogP contribution is 2.41. The van der Waals surface area contributed by atoms with Crippen molar-refractivity contribution in [3.8, 4) is 11.4 Å². The number of amides is 1. The second-order valence-electron chi connectivity index (χ2n) is 9.38. The lowest BCUT2D eigenvalue weighted by atomic mass is 9.86. The van der Waals surface area contributed by atoms with Crippen LogP contribution in [0.5, 0.6) is 0 Å². The first-order valence-corrected chi connectivity index (χ1v) is 12.1. The van der Waals surface area contributed by atoms with Crippen LogP contribution in [0.3, 0.4) is 0 Å². The van der Waals surface area contributed by atoms with E-state index in [1.54, 1.807) is 29.7 Å². The van der Waals surface area contributed by atoms with Crippen LogP contribution in [0.25, 0.3) is 28.4 Å². The van der Waals surface area contributed by atoms with Crippen LogP contribution in [0.2, 0.25) is 0 Å². The van der Waals surface area contributed by atoms with Gasteiger partial charge in [-0.3, -0.25) is 9.59 Å². The maximum atomic E-state index is 13.5. The number of carbonyl (C=O) groups excluding carboxylic acids is 2. The average Bonchev–Trinajstić information content (AvgIpc) is 3.25. The Balaban J connectivity index is 1.74. The summed E-state index contributed by atoms with van der Waals surface area (Å²) in [5.41, 5.74) is 8.28. The largest absolute Gasteiger partial charge is 0.477 e. The molecule has 2 aliphatic heterocycles. The van der Waals surface area contributed by atoms with Crippen LogP contribution < -0.4 is 16.6 Å². The number of fused-ring (bicyclic) bond motifs is 5. The van der Waals surface area contributed by atoms with Gasteiger partial charge in [-0.2, -0.15) is 0 Å². The Morgan fingerprint density at radius 3 is 2.63 bits per heavy atom. The molecule has 2 aliphatic rings. The maximum Gasteiger partial charge on any atom is 0.352 e. The first-order valence-electron chi connectivity index (χ1n) is 12.1. The highest BCUT2D eigenvalue weighted by atomic mass is 16.6. The summed E-state index contributed by atoms with van der Waals surface area (Å²) in [6.07, 6.45) is 1.88. The lowest BCUT2D eigenvalue weighted by Gasteiger charge is -2.31. The van der Waals surface area contributed by atoms with Crippen molar-refractivity contribution in [2.45, 2.75) is 52.4 Å². The number of cyclic esters (lactones) is 1. The van der Waals surface area contributed by atoms with E-state index in [0.29, 0.717) is 40.0 Å². The molecule has 3 aromatic rings. The fraction of sp³-hybridized carbons (Fsp3) is 0.296. The third kappa shape index (κ3) is 3.58. The summed E-state index contributed by atoms with van der Waals surface area (Å²) in [6.45, 7) is 4.80. The molecular weight excluding hydrogens is 492 g/mol. The predicted octanol–water partition coefficient (Wildman–Crippen LogP) is 1.79. The minimum atomic E-state index is -1.92. The zero-order valence-corrected chi connectivity index (χ0v) is 21.0. The van der Waals surface area contributed by atoms with Crippen molar-refractivity contribution in [3.63, 3.8) is 0 Å². The molecule has 0 saturated carbocycles. The van der Waals surface area contributed by atoms with Gasteiger partial charge in [0.2, 0.25) is 5.91 Å². The number of aliphatic carboxylic acids is 1. The van der Waals surface area contributed by atoms with Gasteiger partial charge in [-0.25, -0.2) is 14.6 Å². The van der Waals surface area contributed by atoms with Crippen molar-refractivity contribution in [1.29, 1.82) is 0 Å². The van der Waals surface area contributed by atoms with E-state index >= 15 is 0 Å². The Hall–Kier alpha value is -4.51. The van der Waals surface area contributed by atoms with Gasteiger partial charge in [0.15, 0.2) is 5.60 Å². The van der Waals surface area contributed by atoms with Crippen molar-refractivity contribution in [2.24, 2.45) is 0 Å². The van der Waals surface area contributed by atoms with Gasteiger partial charge in [0.1, 0.15) is 12.3 Å². The Morgan fingerprint density at radius 2 is 2.00 bits per heavy atom. The number of carbonyl (C=O) groups is 3. The SMILES string of the molecule is CCc1c2c(nc3ccc(C=C(NC(C)=O)C(=O)O)c(N)c13)-c1cc3c(c(=O)n1C2)COC(=O)[C@]3(O)CC. The van der Waals surface area contributed by atoms with Crippen molar-refractivity contribution in [1.82, 2.24) is 14.9 Å². The molecule has 11 heteroatoms. The van der Waals surface area contributed by atoms with Gasteiger partial charge in [-0.05, 0) is 36.6 Å². The number of nitrogen functional groups attached to an aromatic ring is 1. The molecule has 5 N–H and O–H groups in total. The highest BCUT2D eigenvalue weighted by Gasteiger charge is 2.45. The van der Waals surface area contributed by atoms with Gasteiger partial charge in [0.25, 0.3) is 5.56 Å². The Bertz CT molecular complexity index is 1670. The summed E-state index contributed by atoms with van der Waals surface area (Å²) in [6, 6.07) is 4.96. The van der Waals surface area contributed by atoms with E-state index in [2.05, 4.69) is 5.32 Å². The number of nitrogens with zero attached hydrogens (tertiary/aromatic N) is 2. The van der Waals surface area contributed by atoms with Crippen molar-refractivity contribution in [3.05, 3.63) is 62.1 Å². The number of hydrogen-bond donors (Lipinski definition) is 4. The summed E-state index contributed by atoms with van der Waals surface area (Å²) in [5, 5.41) is 23.5. The van der Waals surface area contributed by atoms with Crippen molar-refractivity contribution >= 4 is 40.5 Å². The second kappa shape index (κ2) is 8.80. The number of carboxylic acids is 1. The van der Waals surface area contributed by atoms with Gasteiger partial charge >= 0.3 is 11.9 Å². The molecule has 0 fully saturated rings. The van der Waals surface area contributed by atoms with E-state index in [9.17, 15) is 29.4 Å². The smallest absolute Gasteiger partial charge is 0.352 e. The topological polar surface area (TPSA) is 174 Å². The number of benzene rings is 1. The second-order valence-corrected chi connectivity index (χ2v) is 9.38. The number of carboxylic acid groups (broad SMARTS) is 1. The molecule has 0 radical (unpaired) electrons. The molecule has 0 spiro atoms. The third-order valence-corrected chi connectivity index (χ3v) is 7.24. The molecule has 196 valence electrons. The van der Waals surface area contributed by atoms with E-state index in [0.717, 1.165) is 11.1 Å². The minimum Gasteiger partial charge on any atom is -0.477 e. The van der Waals surface area contributed by atoms with Crippen LogP contribution in [-0.2, 0) is 44.3 Å². The summed E-state index contributed by atoms with van der Waals surface area (Å²) >= 11 is 0. The Kier molecular flexibility index (Phi) is 5.83. The summed E-state index contributed by atoms with van der Waals surface area (Å²) in [4.78, 5) is 53.8. The monoisotopic (exact) mass is 518 g/mol. The van der Waals surface area contributed by atoms with E-state index in [-0.39, 0.29) is 42.0 Å². The van der Waals surface area contributed by atoms with Crippen molar-refractivity contribution < 1.29 is 29.3 Å². The number of hydrogen-bond acceptors (Lipinski definition) is 8. The summed E-state index contributed by atoms with van der Waals surface area (Å²) < 4.78 is 6.69. The van der Waals surface area contributed by atoms with Crippen LogP contribution >= 0.6 is 0 Å². The molecule has 0 saturated heterocycles. The molecule has 38 heavy (non-hydrogen) atoms. The maximum absolute atomic E-state index is 13.5. The molecule has 1 aromatic carbocycles. The summed E-state index contributed by atoms with van der Waals surface area (Å²) in [5.74, 6) is -2.63. The molecule has 1 amide bonds. The lowest BCUT2D eigenvalue weighted by molar-refractivity contribution is -0.172. The van der Waals surface area contributed by atoms with E-state index in [1.165, 1.54) is 13.0 Å². The van der Waals surface area contributed by atoms with E-state index in [4.69, 9.17) is 15.5 Å². The van der Waals surface area contributed by atoms with E-state index in [1.807, 2.05) is 6.92 Å². The minimum absolute atomic E-state index is 0.0452. The van der Waals surface area contributed by atoms with Gasteiger partial charge in [0.05, 0.1) is 29.0 Å². The van der Waals surface area contributed by atoms with E-state index < -0.39 is 23.4 Å². The van der Waals surface area contributed by atoms with Crippen LogP contribution in [0.1, 0.15) is 55.0 Å². The molecule has 2 aromatic heterocycles. The summed E-state index contributed by atoms with van der Waals surface area (Å²) in [7, 11) is 0. The number of nitrogens with two attached hydrogens (primary N) is 1. The average molecular weight is 519 g/mol. The molecule has 1 atom stereocenters. The number of pyridine rings is 2. The normalized spacial score (nSPS) is 18.0. The molecule has 5 rings (SSSR count). The standard InChI is InChI=1S/C27H26N4O7/c1-4-14-15-10-31-20(9-17-16(24(31)33)11-38-26(36)27(17,37)5-2)23(15)30-18-7-6-13(22(28)21(14)18)8-19(25(34)35)29-12(3)32/h6-9,37H,4-5,10-11,28H2,1-3H3,(H,29,32)(H,34,35)/t27-/m0/s1. The number of nitrogens with one attached hydrogen (secondary N) is 1. The number of aromatic nitrogens is 2. The Morgan fingerprint density at radius 1 is 1.26 bits per heavy atom. The van der Waals surface area contributed by atoms with Gasteiger partial charge < -0.3 is 30.6 Å². The third-order valence-electron chi connectivity index (χ3n) is 7.24. The van der Waals surface area contributed by atoms with Crippen LogP contribution in [0.4, 0.5) is 5.69 Å². The molecule has 4 heterocycles. The fourth-order valence-corrected chi connectivity index (χ4v) is 5.32. The molecule has 11 nitrogen and oxygen atoms in total. The zero-order valence-electron chi connectivity index (χ0n) is 21.0. The number of anilines is 1. The molecular formula is C27H26N4O7. The van der Waals surface area contributed by atoms with Crippen LogP contribution in [0, 0.1) is 0 Å².